The van der Waals surface area contributed by atoms with Gasteiger partial charge in [0.1, 0.15) is 0 Å². The van der Waals surface area contributed by atoms with E-state index in [2.05, 4.69) is 17.6 Å². The van der Waals surface area contributed by atoms with Crippen LogP contribution in [0.5, 0.6) is 0 Å². The average Bonchev–Trinajstić information content (AvgIpc) is 3.34. The summed E-state index contributed by atoms with van der Waals surface area (Å²) in [5.41, 5.74) is 0.560. The van der Waals surface area contributed by atoms with E-state index in [0.29, 0.717) is 23.5 Å². The van der Waals surface area contributed by atoms with Gasteiger partial charge in [-0.15, -0.1) is 0 Å². The Labute approximate surface area is 164 Å². The normalized spacial score (nSPS) is 34.3. The molecule has 3 aliphatic carbocycles. The van der Waals surface area contributed by atoms with Crippen molar-refractivity contribution in [1.29, 1.82) is 0 Å². The van der Waals surface area contributed by atoms with Crippen molar-refractivity contribution in [2.24, 2.45) is 21.7 Å². The lowest BCUT2D eigenvalue weighted by Gasteiger charge is -2.57. The van der Waals surface area contributed by atoms with Crippen LogP contribution >= 0.6 is 0 Å². The molecule has 4 fully saturated rings. The van der Waals surface area contributed by atoms with Crippen LogP contribution in [-0.4, -0.2) is 49.5 Å². The second kappa shape index (κ2) is 8.28. The highest BCUT2D eigenvalue weighted by Gasteiger charge is 2.65. The van der Waals surface area contributed by atoms with Crippen molar-refractivity contribution in [3.8, 4) is 0 Å². The van der Waals surface area contributed by atoms with Crippen LogP contribution < -0.4 is 10.6 Å². The van der Waals surface area contributed by atoms with E-state index in [1.165, 1.54) is 64.2 Å². The summed E-state index contributed by atoms with van der Waals surface area (Å²) >= 11 is 0. The van der Waals surface area contributed by atoms with Crippen LogP contribution in [-0.2, 0) is 4.74 Å². The zero-order valence-corrected chi connectivity index (χ0v) is 17.1. The minimum Gasteiger partial charge on any atom is -0.396 e. The molecule has 1 spiro atoms. The summed E-state index contributed by atoms with van der Waals surface area (Å²) in [5, 5.41) is 16.9. The van der Waals surface area contributed by atoms with Gasteiger partial charge in [0.25, 0.3) is 0 Å². The highest BCUT2D eigenvalue weighted by atomic mass is 16.5. The number of ether oxygens (including phenoxy) is 1. The molecule has 154 valence electrons. The monoisotopic (exact) mass is 377 g/mol. The van der Waals surface area contributed by atoms with E-state index in [0.717, 1.165) is 32.1 Å². The third-order valence-electron chi connectivity index (χ3n) is 8.05. The SMILES string of the molecule is CCNC(=NCC1(CCO)CCCCC1)NC1C2CCOC2C12CCCC2. The largest absolute Gasteiger partial charge is 0.396 e. The van der Waals surface area contributed by atoms with Crippen molar-refractivity contribution in [3.05, 3.63) is 0 Å². The van der Waals surface area contributed by atoms with Crippen molar-refractivity contribution in [3.63, 3.8) is 0 Å². The van der Waals surface area contributed by atoms with Gasteiger partial charge in [-0.05, 0) is 50.9 Å². The maximum atomic E-state index is 9.59. The van der Waals surface area contributed by atoms with Crippen molar-refractivity contribution in [1.82, 2.24) is 10.6 Å². The number of nitrogens with zero attached hydrogens (tertiary/aromatic N) is 1. The van der Waals surface area contributed by atoms with E-state index in [4.69, 9.17) is 9.73 Å². The van der Waals surface area contributed by atoms with E-state index < -0.39 is 0 Å². The van der Waals surface area contributed by atoms with Crippen LogP contribution in [0.2, 0.25) is 0 Å². The predicted molar refractivity (Wildman–Crippen MR) is 109 cm³/mol. The number of aliphatic imine (C=N–C) groups is 1. The van der Waals surface area contributed by atoms with Crippen LogP contribution in [0.15, 0.2) is 4.99 Å². The smallest absolute Gasteiger partial charge is 0.191 e. The number of hydrogen-bond donors (Lipinski definition) is 3. The van der Waals surface area contributed by atoms with E-state index in [9.17, 15) is 5.11 Å². The van der Waals surface area contributed by atoms with Gasteiger partial charge in [-0.25, -0.2) is 0 Å². The fraction of sp³-hybridized carbons (Fsp3) is 0.955. The first-order valence-electron chi connectivity index (χ1n) is 11.5. The van der Waals surface area contributed by atoms with Gasteiger partial charge in [0, 0.05) is 43.7 Å². The summed E-state index contributed by atoms with van der Waals surface area (Å²) in [6.45, 7) is 5.10. The molecule has 3 saturated carbocycles. The Bertz CT molecular complexity index is 518. The van der Waals surface area contributed by atoms with Crippen molar-refractivity contribution in [2.45, 2.75) is 89.7 Å². The van der Waals surface area contributed by atoms with Gasteiger partial charge >= 0.3 is 0 Å². The zero-order valence-electron chi connectivity index (χ0n) is 17.1. The Hall–Kier alpha value is -0.810. The molecular formula is C22H39N3O2. The number of fused-ring (bicyclic) bond motifs is 2. The summed E-state index contributed by atoms with van der Waals surface area (Å²) < 4.78 is 6.14. The summed E-state index contributed by atoms with van der Waals surface area (Å²) in [4.78, 5) is 5.06. The molecule has 5 nitrogen and oxygen atoms in total. The molecule has 1 heterocycles. The predicted octanol–water partition coefficient (Wildman–Crippen LogP) is 3.22. The van der Waals surface area contributed by atoms with Gasteiger partial charge in [-0.2, -0.15) is 0 Å². The Morgan fingerprint density at radius 3 is 2.56 bits per heavy atom. The molecule has 3 N–H and O–H groups in total. The average molecular weight is 378 g/mol. The maximum Gasteiger partial charge on any atom is 0.191 e. The van der Waals surface area contributed by atoms with Crippen molar-refractivity contribution in [2.75, 3.05) is 26.3 Å². The standard InChI is InChI=1S/C22H39N3O2/c1-2-23-20(24-16-21(13-14-26)9-4-3-5-10-21)25-18-17-8-15-27-19(17)22(18)11-6-7-12-22/h17-19,26H,2-16H2,1H3,(H2,23,24,25). The topological polar surface area (TPSA) is 65.9 Å². The first-order valence-corrected chi connectivity index (χ1v) is 11.5. The van der Waals surface area contributed by atoms with Gasteiger partial charge in [-0.1, -0.05) is 32.1 Å². The number of hydrogen-bond acceptors (Lipinski definition) is 3. The van der Waals surface area contributed by atoms with Crippen molar-refractivity contribution >= 4 is 5.96 Å². The van der Waals surface area contributed by atoms with Gasteiger partial charge in [0.15, 0.2) is 5.96 Å². The molecular weight excluding hydrogens is 338 g/mol. The van der Waals surface area contributed by atoms with Gasteiger partial charge < -0.3 is 20.5 Å². The lowest BCUT2D eigenvalue weighted by molar-refractivity contribution is -0.125. The molecule has 0 radical (unpaired) electrons. The van der Waals surface area contributed by atoms with Crippen LogP contribution in [0, 0.1) is 16.7 Å². The summed E-state index contributed by atoms with van der Waals surface area (Å²) in [5.74, 6) is 1.65. The quantitative estimate of drug-likeness (QED) is 0.491. The number of rotatable bonds is 6. The Kier molecular flexibility index (Phi) is 5.98. The van der Waals surface area contributed by atoms with Gasteiger partial charge in [0.2, 0.25) is 0 Å². The minimum atomic E-state index is 0.207. The van der Waals surface area contributed by atoms with Gasteiger partial charge in [0.05, 0.1) is 6.10 Å². The second-order valence-corrected chi connectivity index (χ2v) is 9.54. The number of aliphatic hydroxyl groups excluding tert-OH is 1. The molecule has 3 unspecified atom stereocenters. The highest BCUT2D eigenvalue weighted by Crippen LogP contribution is 2.60. The van der Waals surface area contributed by atoms with Gasteiger partial charge in [-0.3, -0.25) is 4.99 Å². The second-order valence-electron chi connectivity index (χ2n) is 9.54. The summed E-state index contributed by atoms with van der Waals surface area (Å²) in [7, 11) is 0. The van der Waals surface area contributed by atoms with E-state index in [-0.39, 0.29) is 12.0 Å². The van der Waals surface area contributed by atoms with Crippen LogP contribution in [0.3, 0.4) is 0 Å². The molecule has 0 bridgehead atoms. The molecule has 3 atom stereocenters. The lowest BCUT2D eigenvalue weighted by atomic mass is 9.54. The molecule has 0 aromatic rings. The molecule has 0 aromatic carbocycles. The highest BCUT2D eigenvalue weighted by molar-refractivity contribution is 5.80. The lowest BCUT2D eigenvalue weighted by Crippen LogP contribution is -2.69. The minimum absolute atomic E-state index is 0.207. The van der Waals surface area contributed by atoms with E-state index >= 15 is 0 Å². The zero-order chi connectivity index (χ0) is 18.7. The molecule has 1 saturated heterocycles. The first-order chi connectivity index (χ1) is 13.2. The fourth-order valence-corrected chi connectivity index (χ4v) is 6.64. The molecule has 1 aliphatic heterocycles. The Balaban J connectivity index is 1.46. The van der Waals surface area contributed by atoms with Crippen LogP contribution in [0.1, 0.15) is 77.6 Å². The third-order valence-corrected chi connectivity index (χ3v) is 8.05. The number of aliphatic hydroxyl groups is 1. The molecule has 27 heavy (non-hydrogen) atoms. The Morgan fingerprint density at radius 1 is 1.11 bits per heavy atom. The summed E-state index contributed by atoms with van der Waals surface area (Å²) in [6.07, 6.45) is 14.2. The third kappa shape index (κ3) is 3.62. The fourth-order valence-electron chi connectivity index (χ4n) is 6.64. The molecule has 0 aromatic heterocycles. The maximum absolute atomic E-state index is 9.59. The Morgan fingerprint density at radius 2 is 1.85 bits per heavy atom. The van der Waals surface area contributed by atoms with Crippen molar-refractivity contribution < 1.29 is 9.84 Å². The van der Waals surface area contributed by atoms with E-state index in [1.54, 1.807) is 0 Å². The van der Waals surface area contributed by atoms with E-state index in [1.807, 2.05) is 0 Å². The number of nitrogens with one attached hydrogen (secondary N) is 2. The molecule has 5 heteroatoms. The molecule has 4 aliphatic rings. The van der Waals surface area contributed by atoms with Crippen LogP contribution in [0.25, 0.3) is 0 Å². The first kappa shape index (κ1) is 19.5. The number of guanidine groups is 1. The summed E-state index contributed by atoms with van der Waals surface area (Å²) in [6, 6.07) is 0.519. The molecule has 4 rings (SSSR count). The molecule has 0 amide bonds. The van der Waals surface area contributed by atoms with Crippen LogP contribution in [0.4, 0.5) is 0 Å².